The van der Waals surface area contributed by atoms with Gasteiger partial charge in [0, 0.05) is 27.8 Å². The third-order valence-electron chi connectivity index (χ3n) is 3.12. The minimum absolute atomic E-state index is 0.141. The molecule has 0 aliphatic rings. The summed E-state index contributed by atoms with van der Waals surface area (Å²) in [7, 11) is 0. The summed E-state index contributed by atoms with van der Waals surface area (Å²) in [5, 5.41) is 5.48. The molecule has 0 bridgehead atoms. The van der Waals surface area contributed by atoms with Gasteiger partial charge >= 0.3 is 0 Å². The van der Waals surface area contributed by atoms with E-state index >= 15 is 0 Å². The Morgan fingerprint density at radius 2 is 1.52 bits per heavy atom. The van der Waals surface area contributed by atoms with Crippen molar-refractivity contribution in [3.8, 4) is 0 Å². The van der Waals surface area contributed by atoms with E-state index in [-0.39, 0.29) is 17.4 Å². The number of amides is 2. The molecule has 0 radical (unpaired) electrons. The highest BCUT2D eigenvalue weighted by molar-refractivity contribution is 14.1. The molecule has 4 nitrogen and oxygen atoms in total. The third kappa shape index (κ3) is 5.63. The second-order valence-electron chi connectivity index (χ2n) is 4.88. The Balaban J connectivity index is 1.68. The van der Waals surface area contributed by atoms with Crippen LogP contribution in [0.1, 0.15) is 27.1 Å². The first-order chi connectivity index (χ1) is 11.1. The lowest BCUT2D eigenvalue weighted by atomic mass is 10.2. The fraction of sp³-hybridized carbons (Fsp3) is 0.176. The molecule has 2 aromatic rings. The molecule has 0 saturated heterocycles. The van der Waals surface area contributed by atoms with E-state index in [0.717, 1.165) is 3.57 Å². The molecule has 2 rings (SSSR count). The molecule has 120 valence electrons. The van der Waals surface area contributed by atoms with Gasteiger partial charge in [0.25, 0.3) is 11.8 Å². The molecule has 2 amide bonds. The van der Waals surface area contributed by atoms with Gasteiger partial charge in [-0.1, -0.05) is 6.07 Å². The summed E-state index contributed by atoms with van der Waals surface area (Å²) in [6, 6.07) is 12.8. The van der Waals surface area contributed by atoms with Crippen molar-refractivity contribution in [2.45, 2.75) is 6.42 Å². The quantitative estimate of drug-likeness (QED) is 0.552. The van der Waals surface area contributed by atoms with Crippen LogP contribution >= 0.6 is 22.6 Å². The minimum atomic E-state index is -0.442. The second-order valence-corrected chi connectivity index (χ2v) is 6.13. The first kappa shape index (κ1) is 17.4. The molecule has 6 heteroatoms. The predicted octanol–water partition coefficient (Wildman–Crippen LogP) is 2.98. The molecule has 0 atom stereocenters. The van der Waals surface area contributed by atoms with Crippen molar-refractivity contribution in [2.24, 2.45) is 0 Å². The van der Waals surface area contributed by atoms with Gasteiger partial charge in [-0.05, 0) is 71.5 Å². The fourth-order valence-corrected chi connectivity index (χ4v) is 2.29. The lowest BCUT2D eigenvalue weighted by Gasteiger charge is -2.07. The Kier molecular flexibility index (Phi) is 6.52. The molecule has 2 N–H and O–H groups in total. The Hall–Kier alpha value is -1.96. The number of hydrogen-bond donors (Lipinski definition) is 2. The summed E-state index contributed by atoms with van der Waals surface area (Å²) < 4.78 is 14.1. The predicted molar refractivity (Wildman–Crippen MR) is 94.8 cm³/mol. The van der Waals surface area contributed by atoms with E-state index in [1.165, 1.54) is 18.2 Å². The maximum atomic E-state index is 13.0. The molecule has 2 aromatic carbocycles. The van der Waals surface area contributed by atoms with E-state index in [9.17, 15) is 14.0 Å². The Morgan fingerprint density at radius 1 is 0.913 bits per heavy atom. The zero-order valence-corrected chi connectivity index (χ0v) is 14.5. The zero-order chi connectivity index (χ0) is 16.7. The van der Waals surface area contributed by atoms with Crippen LogP contribution in [0.5, 0.6) is 0 Å². The van der Waals surface area contributed by atoms with Crippen LogP contribution in [0.4, 0.5) is 4.39 Å². The number of carbonyl (C=O) groups excluding carboxylic acids is 2. The van der Waals surface area contributed by atoms with Gasteiger partial charge in [0.05, 0.1) is 0 Å². The monoisotopic (exact) mass is 426 g/mol. The van der Waals surface area contributed by atoms with Crippen molar-refractivity contribution < 1.29 is 14.0 Å². The maximum absolute atomic E-state index is 13.0. The number of benzene rings is 2. The van der Waals surface area contributed by atoms with Gasteiger partial charge in [0.2, 0.25) is 0 Å². The van der Waals surface area contributed by atoms with Crippen molar-refractivity contribution in [3.05, 3.63) is 69.0 Å². The Morgan fingerprint density at radius 3 is 2.13 bits per heavy atom. The van der Waals surface area contributed by atoms with Crippen LogP contribution in [-0.2, 0) is 0 Å². The molecule has 0 fully saturated rings. The van der Waals surface area contributed by atoms with Gasteiger partial charge in [0.1, 0.15) is 5.82 Å². The number of carbonyl (C=O) groups is 2. The summed E-state index contributed by atoms with van der Waals surface area (Å²) in [4.78, 5) is 23.7. The highest BCUT2D eigenvalue weighted by atomic mass is 127. The van der Waals surface area contributed by atoms with Crippen LogP contribution in [0.3, 0.4) is 0 Å². The maximum Gasteiger partial charge on any atom is 0.251 e. The molecule has 0 aromatic heterocycles. The van der Waals surface area contributed by atoms with Crippen LogP contribution in [0, 0.1) is 9.39 Å². The molecule has 0 aliphatic heterocycles. The highest BCUT2D eigenvalue weighted by Crippen LogP contribution is 2.06. The average molecular weight is 426 g/mol. The van der Waals surface area contributed by atoms with E-state index in [0.29, 0.717) is 25.1 Å². The van der Waals surface area contributed by atoms with Gasteiger partial charge in [-0.25, -0.2) is 4.39 Å². The number of hydrogen-bond acceptors (Lipinski definition) is 2. The normalized spacial score (nSPS) is 10.2. The standard InChI is InChI=1S/C17H16FIN2O2/c18-14-4-1-3-13(11-14)17(23)21-10-2-9-20-16(22)12-5-7-15(19)8-6-12/h1,3-8,11H,2,9-10H2,(H,20,22)(H,21,23). The highest BCUT2D eigenvalue weighted by Gasteiger charge is 2.06. The minimum Gasteiger partial charge on any atom is -0.352 e. The average Bonchev–Trinajstić information content (AvgIpc) is 2.54. The SMILES string of the molecule is O=C(NCCCNC(=O)c1cccc(F)c1)c1ccc(I)cc1. The number of nitrogens with one attached hydrogen (secondary N) is 2. The summed E-state index contributed by atoms with van der Waals surface area (Å²) in [6.45, 7) is 0.858. The zero-order valence-electron chi connectivity index (χ0n) is 12.3. The largest absolute Gasteiger partial charge is 0.352 e. The van der Waals surface area contributed by atoms with E-state index in [2.05, 4.69) is 33.2 Å². The van der Waals surface area contributed by atoms with E-state index in [1.54, 1.807) is 18.2 Å². The van der Waals surface area contributed by atoms with Crippen molar-refractivity contribution in [3.63, 3.8) is 0 Å². The van der Waals surface area contributed by atoms with E-state index in [1.807, 2.05) is 12.1 Å². The Bertz CT molecular complexity index is 689. The molecule has 0 heterocycles. The van der Waals surface area contributed by atoms with Gasteiger partial charge in [-0.15, -0.1) is 0 Å². The van der Waals surface area contributed by atoms with Crippen molar-refractivity contribution in [1.82, 2.24) is 10.6 Å². The molecule has 0 aliphatic carbocycles. The van der Waals surface area contributed by atoms with Crippen LogP contribution in [0.15, 0.2) is 48.5 Å². The summed E-state index contributed by atoms with van der Waals surface area (Å²) >= 11 is 2.18. The van der Waals surface area contributed by atoms with Crippen LogP contribution < -0.4 is 10.6 Å². The van der Waals surface area contributed by atoms with Crippen molar-refractivity contribution in [2.75, 3.05) is 13.1 Å². The number of rotatable bonds is 6. The van der Waals surface area contributed by atoms with E-state index in [4.69, 9.17) is 0 Å². The van der Waals surface area contributed by atoms with Gasteiger partial charge in [-0.3, -0.25) is 9.59 Å². The third-order valence-corrected chi connectivity index (χ3v) is 3.84. The lowest BCUT2D eigenvalue weighted by Crippen LogP contribution is -2.29. The lowest BCUT2D eigenvalue weighted by molar-refractivity contribution is 0.0951. The van der Waals surface area contributed by atoms with Gasteiger partial charge in [-0.2, -0.15) is 0 Å². The molecular weight excluding hydrogens is 410 g/mol. The first-order valence-corrected chi connectivity index (χ1v) is 8.21. The fourth-order valence-electron chi connectivity index (χ4n) is 1.93. The first-order valence-electron chi connectivity index (χ1n) is 7.14. The number of halogens is 2. The Labute approximate surface area is 147 Å². The summed E-state index contributed by atoms with van der Waals surface area (Å²) in [6.07, 6.45) is 0.594. The van der Waals surface area contributed by atoms with Crippen LogP contribution in [0.2, 0.25) is 0 Å². The molecule has 0 unspecified atom stereocenters. The van der Waals surface area contributed by atoms with E-state index < -0.39 is 5.82 Å². The van der Waals surface area contributed by atoms with Crippen molar-refractivity contribution in [1.29, 1.82) is 0 Å². The topological polar surface area (TPSA) is 58.2 Å². The smallest absolute Gasteiger partial charge is 0.251 e. The second kappa shape index (κ2) is 8.61. The molecule has 23 heavy (non-hydrogen) atoms. The molecule has 0 saturated carbocycles. The van der Waals surface area contributed by atoms with Gasteiger partial charge < -0.3 is 10.6 Å². The van der Waals surface area contributed by atoms with Crippen LogP contribution in [-0.4, -0.2) is 24.9 Å². The molecule has 0 spiro atoms. The summed E-state index contributed by atoms with van der Waals surface area (Å²) in [5.74, 6) is -0.909. The molecular formula is C17H16FIN2O2. The van der Waals surface area contributed by atoms with Crippen LogP contribution in [0.25, 0.3) is 0 Å². The van der Waals surface area contributed by atoms with Gasteiger partial charge in [0.15, 0.2) is 0 Å². The van der Waals surface area contributed by atoms with Crippen molar-refractivity contribution >= 4 is 34.4 Å². The summed E-state index contributed by atoms with van der Waals surface area (Å²) in [5.41, 5.74) is 0.891.